The maximum absolute atomic E-state index is 11.2. The van der Waals surface area contributed by atoms with Gasteiger partial charge < -0.3 is 5.32 Å². The maximum atomic E-state index is 11.2. The van der Waals surface area contributed by atoms with Crippen LogP contribution in [0.4, 0.5) is 4.79 Å². The predicted octanol–water partition coefficient (Wildman–Crippen LogP) is 0.883. The van der Waals surface area contributed by atoms with Crippen molar-refractivity contribution in [1.82, 2.24) is 10.6 Å². The number of carbonyl (C=O) groups excluding carboxylic acids is 2. The number of imide groups is 1. The average molecular weight is 192 g/mol. The van der Waals surface area contributed by atoms with Crippen LogP contribution in [0.25, 0.3) is 0 Å². The number of carbonyl (C=O) groups is 2. The van der Waals surface area contributed by atoms with Gasteiger partial charge in [-0.05, 0) is 5.57 Å². The van der Waals surface area contributed by atoms with Gasteiger partial charge >= 0.3 is 6.03 Å². The van der Waals surface area contributed by atoms with E-state index in [-0.39, 0.29) is 5.91 Å². The molecule has 3 amide bonds. The second kappa shape index (κ2) is 4.41. The fraction of sp³-hybridized carbons (Fsp3) is 0.200. The average Bonchev–Trinajstić information content (AvgIpc) is 2.44. The molecule has 1 heterocycles. The minimum absolute atomic E-state index is 0.299. The molecule has 2 N–H and O–H groups in total. The quantitative estimate of drug-likeness (QED) is 0.513. The van der Waals surface area contributed by atoms with Gasteiger partial charge in [0.15, 0.2) is 0 Å². The van der Waals surface area contributed by atoms with Crippen LogP contribution in [0.1, 0.15) is 6.42 Å². The van der Waals surface area contributed by atoms with E-state index >= 15 is 0 Å². The monoisotopic (exact) mass is 192 g/mol. The highest BCUT2D eigenvalue weighted by Crippen LogP contribution is 2.09. The van der Waals surface area contributed by atoms with E-state index in [1.165, 1.54) is 0 Å². The summed E-state index contributed by atoms with van der Waals surface area (Å²) in [4.78, 5) is 21.9. The Hall–Kier alpha value is -1.84. The summed E-state index contributed by atoms with van der Waals surface area (Å²) in [6.45, 7) is 7.15. The first-order valence-electron chi connectivity index (χ1n) is 4.22. The molecule has 1 rings (SSSR count). The predicted molar refractivity (Wildman–Crippen MR) is 53.6 cm³/mol. The third-order valence-corrected chi connectivity index (χ3v) is 1.89. The number of hydrogen-bond acceptors (Lipinski definition) is 2. The van der Waals surface area contributed by atoms with E-state index in [1.54, 1.807) is 18.2 Å². The number of allylic oxidation sites excluding steroid dienone is 3. The van der Waals surface area contributed by atoms with Crippen molar-refractivity contribution < 1.29 is 9.59 Å². The first-order chi connectivity index (χ1) is 6.67. The van der Waals surface area contributed by atoms with E-state index in [0.717, 1.165) is 5.57 Å². The van der Waals surface area contributed by atoms with Crippen LogP contribution in [0, 0.1) is 0 Å². The molecule has 0 bridgehead atoms. The first kappa shape index (κ1) is 10.2. The number of urea groups is 1. The Kier molecular flexibility index (Phi) is 3.23. The van der Waals surface area contributed by atoms with Gasteiger partial charge in [-0.25, -0.2) is 4.79 Å². The van der Waals surface area contributed by atoms with Gasteiger partial charge in [0.1, 0.15) is 6.04 Å². The Balaban J connectivity index is 2.64. The molecule has 0 saturated carbocycles. The highest BCUT2D eigenvalue weighted by atomic mass is 16.2. The van der Waals surface area contributed by atoms with Crippen molar-refractivity contribution in [3.8, 4) is 0 Å². The van der Waals surface area contributed by atoms with Crippen molar-refractivity contribution in [1.29, 1.82) is 0 Å². The molecule has 14 heavy (non-hydrogen) atoms. The van der Waals surface area contributed by atoms with Crippen LogP contribution in [0.5, 0.6) is 0 Å². The summed E-state index contributed by atoms with van der Waals surface area (Å²) in [5.74, 6) is -0.299. The Morgan fingerprint density at radius 2 is 2.14 bits per heavy atom. The third-order valence-electron chi connectivity index (χ3n) is 1.89. The van der Waals surface area contributed by atoms with Crippen molar-refractivity contribution in [2.75, 3.05) is 0 Å². The summed E-state index contributed by atoms with van der Waals surface area (Å²) in [6, 6.07) is -0.936. The Morgan fingerprint density at radius 1 is 1.43 bits per heavy atom. The van der Waals surface area contributed by atoms with Crippen molar-refractivity contribution in [2.24, 2.45) is 0 Å². The van der Waals surface area contributed by atoms with E-state index in [0.29, 0.717) is 6.42 Å². The van der Waals surface area contributed by atoms with Crippen LogP contribution < -0.4 is 10.6 Å². The van der Waals surface area contributed by atoms with Gasteiger partial charge in [0, 0.05) is 6.42 Å². The fourth-order valence-corrected chi connectivity index (χ4v) is 1.21. The molecule has 4 nitrogen and oxygen atoms in total. The van der Waals surface area contributed by atoms with Gasteiger partial charge in [0.25, 0.3) is 5.91 Å². The van der Waals surface area contributed by atoms with E-state index in [1.807, 2.05) is 0 Å². The molecule has 0 aromatic rings. The second-order valence-corrected chi connectivity index (χ2v) is 2.90. The topological polar surface area (TPSA) is 58.2 Å². The molecule has 1 aliphatic rings. The summed E-state index contributed by atoms with van der Waals surface area (Å²) in [5, 5.41) is 4.67. The lowest BCUT2D eigenvalue weighted by Gasteiger charge is -2.06. The molecule has 0 aliphatic carbocycles. The normalized spacial score (nSPS) is 21.4. The summed E-state index contributed by atoms with van der Waals surface area (Å²) >= 11 is 0. The smallest absolute Gasteiger partial charge is 0.322 e. The van der Waals surface area contributed by atoms with Crippen molar-refractivity contribution in [3.63, 3.8) is 0 Å². The van der Waals surface area contributed by atoms with E-state index < -0.39 is 12.1 Å². The fourth-order valence-electron chi connectivity index (χ4n) is 1.21. The minimum Gasteiger partial charge on any atom is -0.326 e. The minimum atomic E-state index is -0.494. The molecule has 1 atom stereocenters. The summed E-state index contributed by atoms with van der Waals surface area (Å²) in [7, 11) is 0. The number of rotatable bonds is 4. The molecule has 0 aromatic heterocycles. The second-order valence-electron chi connectivity index (χ2n) is 2.90. The van der Waals surface area contributed by atoms with Gasteiger partial charge in [0.05, 0.1) is 0 Å². The molecule has 74 valence electrons. The van der Waals surface area contributed by atoms with E-state index in [4.69, 9.17) is 0 Å². The summed E-state index contributed by atoms with van der Waals surface area (Å²) < 4.78 is 0. The van der Waals surface area contributed by atoms with Crippen LogP contribution in [-0.4, -0.2) is 18.0 Å². The molecular formula is C10H12N2O2. The third kappa shape index (κ3) is 2.32. The zero-order chi connectivity index (χ0) is 10.6. The molecule has 1 saturated heterocycles. The Labute approximate surface area is 82.4 Å². The largest absolute Gasteiger partial charge is 0.326 e. The molecule has 0 spiro atoms. The lowest BCUT2D eigenvalue weighted by atomic mass is 10.1. The van der Waals surface area contributed by atoms with Crippen molar-refractivity contribution in [3.05, 3.63) is 37.0 Å². The van der Waals surface area contributed by atoms with Crippen LogP contribution in [0.3, 0.4) is 0 Å². The van der Waals surface area contributed by atoms with Gasteiger partial charge in [-0.15, -0.1) is 0 Å². The van der Waals surface area contributed by atoms with Gasteiger partial charge in [-0.1, -0.05) is 31.4 Å². The zero-order valence-corrected chi connectivity index (χ0v) is 7.75. The van der Waals surface area contributed by atoms with Crippen molar-refractivity contribution >= 4 is 11.9 Å². The SMILES string of the molecule is C=C/C=C(\C=C)CC1NC(=O)NC1=O. The summed E-state index contributed by atoms with van der Waals surface area (Å²) in [6.07, 6.45) is 5.45. The molecule has 1 aliphatic heterocycles. The highest BCUT2D eigenvalue weighted by molar-refractivity contribution is 6.04. The van der Waals surface area contributed by atoms with Crippen LogP contribution >= 0.6 is 0 Å². The van der Waals surface area contributed by atoms with Gasteiger partial charge in [-0.3, -0.25) is 10.1 Å². The first-order valence-corrected chi connectivity index (χ1v) is 4.22. The molecule has 0 aromatic carbocycles. The van der Waals surface area contributed by atoms with Crippen LogP contribution in [-0.2, 0) is 4.79 Å². The van der Waals surface area contributed by atoms with Crippen LogP contribution in [0.15, 0.2) is 37.0 Å². The van der Waals surface area contributed by atoms with E-state index in [9.17, 15) is 9.59 Å². The van der Waals surface area contributed by atoms with Crippen LogP contribution in [0.2, 0.25) is 0 Å². The maximum Gasteiger partial charge on any atom is 0.322 e. The zero-order valence-electron chi connectivity index (χ0n) is 7.75. The number of hydrogen-bond donors (Lipinski definition) is 2. The molecule has 1 fully saturated rings. The molecule has 4 heteroatoms. The van der Waals surface area contributed by atoms with Gasteiger partial charge in [0.2, 0.25) is 0 Å². The van der Waals surface area contributed by atoms with Crippen molar-refractivity contribution in [2.45, 2.75) is 12.5 Å². The Morgan fingerprint density at radius 3 is 2.57 bits per heavy atom. The molecule has 1 unspecified atom stereocenters. The highest BCUT2D eigenvalue weighted by Gasteiger charge is 2.29. The number of amides is 3. The van der Waals surface area contributed by atoms with Gasteiger partial charge in [-0.2, -0.15) is 0 Å². The van der Waals surface area contributed by atoms with E-state index in [2.05, 4.69) is 23.8 Å². The lowest BCUT2D eigenvalue weighted by Crippen LogP contribution is -2.28. The Bertz CT molecular complexity index is 318. The summed E-state index contributed by atoms with van der Waals surface area (Å²) in [5.41, 5.74) is 0.863. The number of nitrogens with one attached hydrogen (secondary N) is 2. The lowest BCUT2D eigenvalue weighted by molar-refractivity contribution is -0.120. The molecule has 0 radical (unpaired) electrons. The molecular weight excluding hydrogens is 180 g/mol. The standard InChI is InChI=1S/C10H12N2O2/c1-3-5-7(4-2)6-8-9(13)12-10(14)11-8/h3-5,8H,1-2,6H2,(H2,11,12,13,14)/b7-5+.